The van der Waals surface area contributed by atoms with Crippen LogP contribution in [0.4, 0.5) is 68.2 Å². The van der Waals surface area contributed by atoms with Crippen LogP contribution in [0.15, 0.2) is 194 Å². The van der Waals surface area contributed by atoms with E-state index < -0.39 is 0 Å². The van der Waals surface area contributed by atoms with Gasteiger partial charge in [-0.1, -0.05) is 239 Å². The van der Waals surface area contributed by atoms with Gasteiger partial charge in [0.25, 0.3) is 13.4 Å². The number of fused-ring (bicyclic) bond motifs is 8. The summed E-state index contributed by atoms with van der Waals surface area (Å²) in [6, 6.07) is 78.4. The van der Waals surface area contributed by atoms with E-state index in [0.717, 1.165) is 22.7 Å². The van der Waals surface area contributed by atoms with Gasteiger partial charge in [-0.25, -0.2) is 0 Å². The Morgan fingerprint density at radius 2 is 0.441 bits per heavy atom. The minimum Gasteiger partial charge on any atom is -0.311 e. The molecule has 4 heterocycles. The molecule has 0 fully saturated rings. The fourth-order valence-corrected chi connectivity index (χ4v) is 17.5. The first-order valence-corrected chi connectivity index (χ1v) is 37.5. The highest BCUT2D eigenvalue weighted by molar-refractivity contribution is 7.03. The van der Waals surface area contributed by atoms with Crippen LogP contribution in [-0.4, -0.2) is 13.4 Å². The summed E-state index contributed by atoms with van der Waals surface area (Å²) in [5.74, 6) is 0. The Morgan fingerprint density at radius 3 is 0.686 bits per heavy atom. The zero-order valence-electron chi connectivity index (χ0n) is 65.4. The molecule has 0 spiro atoms. The van der Waals surface area contributed by atoms with Gasteiger partial charge >= 0.3 is 0 Å². The largest absolute Gasteiger partial charge is 0.311 e. The molecule has 4 aliphatic heterocycles. The molecule has 0 saturated carbocycles. The number of benzene rings is 11. The van der Waals surface area contributed by atoms with E-state index in [1.54, 1.807) is 0 Å². The van der Waals surface area contributed by atoms with Crippen LogP contribution in [0.3, 0.4) is 0 Å². The van der Waals surface area contributed by atoms with Crippen molar-refractivity contribution < 1.29 is 0 Å². The van der Waals surface area contributed by atoms with E-state index in [2.05, 4.69) is 380 Å². The van der Waals surface area contributed by atoms with Gasteiger partial charge in [0.1, 0.15) is 0 Å². The second-order valence-electron chi connectivity index (χ2n) is 36.8. The molecular formula is C96H104B2N4. The maximum atomic E-state index is 2.74. The monoisotopic (exact) mass is 1330 g/mol. The van der Waals surface area contributed by atoms with Gasteiger partial charge < -0.3 is 19.6 Å². The third-order valence-corrected chi connectivity index (χ3v) is 22.9. The summed E-state index contributed by atoms with van der Waals surface area (Å²) in [6.45, 7) is 55.6. The molecule has 0 radical (unpaired) electrons. The second-order valence-corrected chi connectivity index (χ2v) is 36.8. The molecule has 4 aliphatic rings. The maximum Gasteiger partial charge on any atom is 0.252 e. The lowest BCUT2D eigenvalue weighted by molar-refractivity contribution is 0.590. The second kappa shape index (κ2) is 23.6. The highest BCUT2D eigenvalue weighted by Gasteiger charge is 2.50. The van der Waals surface area contributed by atoms with E-state index in [1.165, 1.54) is 167 Å². The van der Waals surface area contributed by atoms with Gasteiger partial charge in [-0.05, 0) is 276 Å². The minimum absolute atomic E-state index is 0.0200. The summed E-state index contributed by atoms with van der Waals surface area (Å²) in [5.41, 5.74) is 42.2. The fourth-order valence-electron chi connectivity index (χ4n) is 17.5. The molecule has 514 valence electrons. The molecule has 6 heteroatoms. The van der Waals surface area contributed by atoms with Crippen LogP contribution in [0, 0.1) is 41.5 Å². The van der Waals surface area contributed by atoms with E-state index in [0.29, 0.717) is 0 Å². The summed E-state index contributed by atoms with van der Waals surface area (Å²) in [4.78, 5) is 10.6. The SMILES string of the molecule is Cc1cc(C)c(-c2cc3c4c(c2)N(c2ccc(C(C)(C)C)cc2)c2cc5c(cc2B4c2cc(C(C)(C)C)ccc2N3c2ccc(C(C)(C)C)cc2)B2c3cc(C(C)(C)C)ccc3N(c3ccc(C(C)(C)C)cc3)c3cc(-c4c(C)cc(C)cc4C)cc(c32)N5c2ccc(C(C)(C)C)cc2)c(C)c1. The highest BCUT2D eigenvalue weighted by Crippen LogP contribution is 2.53. The van der Waals surface area contributed by atoms with Crippen LogP contribution in [0.2, 0.25) is 0 Å². The molecule has 11 aromatic carbocycles. The van der Waals surface area contributed by atoms with Crippen molar-refractivity contribution in [2.24, 2.45) is 0 Å². The quantitative estimate of drug-likeness (QED) is 0.154. The van der Waals surface area contributed by atoms with Crippen molar-refractivity contribution in [2.75, 3.05) is 19.6 Å². The van der Waals surface area contributed by atoms with Gasteiger partial charge in [-0.3, -0.25) is 0 Å². The molecule has 0 unspecified atom stereocenters. The topological polar surface area (TPSA) is 13.0 Å². The molecule has 0 bridgehead atoms. The van der Waals surface area contributed by atoms with E-state index in [9.17, 15) is 0 Å². The van der Waals surface area contributed by atoms with Crippen LogP contribution >= 0.6 is 0 Å². The van der Waals surface area contributed by atoms with Crippen molar-refractivity contribution in [2.45, 2.75) is 199 Å². The number of hydrogen-bond acceptors (Lipinski definition) is 4. The lowest BCUT2D eigenvalue weighted by atomic mass is 9.30. The molecule has 102 heavy (non-hydrogen) atoms. The molecule has 0 atom stereocenters. The Bertz CT molecular complexity index is 4850. The summed E-state index contributed by atoms with van der Waals surface area (Å²) in [6.07, 6.45) is 0. The number of hydrogen-bond donors (Lipinski definition) is 0. The number of aryl methyl sites for hydroxylation is 6. The molecule has 0 N–H and O–H groups in total. The number of anilines is 12. The van der Waals surface area contributed by atoms with Crippen molar-refractivity contribution in [1.29, 1.82) is 0 Å². The fraction of sp³-hybridized carbons (Fsp3) is 0.312. The van der Waals surface area contributed by atoms with Gasteiger partial charge in [0.15, 0.2) is 0 Å². The first kappa shape index (κ1) is 68.5. The number of rotatable bonds is 6. The molecule has 0 amide bonds. The standard InChI is InChI=1S/C96H104B2N4/c1-57-45-59(3)87(60(4)46-57)63-49-83-89-85(51-63)101(73-39-29-67(30-40-73)93(13,14)15)81-56-82-78(55-77(81)97(89)75-53-69(95(19,20)21)33-43-79(75)99(83)71-35-25-65(26-36-71)91(7,8)9)98-76-54-70(96(22,23)24)34-44-80(76)100(72-37-27-66(28-38-72)92(10,11)12)84-50-64(88-61(5)47-58(2)48-62(88)6)52-86(90(84)98)102(82)74-41-31-68(32-42-74)94(16,17)18/h25-56H,1-24H3. The Hall–Kier alpha value is -9.25. The first-order valence-electron chi connectivity index (χ1n) is 37.5. The van der Waals surface area contributed by atoms with Crippen molar-refractivity contribution >= 4 is 114 Å². The number of nitrogens with zero attached hydrogens (tertiary/aromatic N) is 4. The molecular weight excluding hydrogens is 1230 g/mol. The Labute approximate surface area is 612 Å². The molecule has 11 aromatic rings. The molecule has 0 saturated heterocycles. The van der Waals surface area contributed by atoms with Gasteiger partial charge in [0.2, 0.25) is 0 Å². The third kappa shape index (κ3) is 11.4. The summed E-state index contributed by atoms with van der Waals surface area (Å²) >= 11 is 0. The Kier molecular flexibility index (Phi) is 15.9. The summed E-state index contributed by atoms with van der Waals surface area (Å²) in [5, 5.41) is 0. The average molecular weight is 1340 g/mol. The van der Waals surface area contributed by atoms with E-state index in [1.807, 2.05) is 0 Å². The molecule has 4 nitrogen and oxygen atoms in total. The Balaban J connectivity index is 1.13. The molecule has 15 rings (SSSR count). The van der Waals surface area contributed by atoms with Gasteiger partial charge in [0.05, 0.1) is 0 Å². The predicted molar refractivity (Wildman–Crippen MR) is 446 cm³/mol. The lowest BCUT2D eigenvalue weighted by Crippen LogP contribution is -2.65. The first-order chi connectivity index (χ1) is 47.8. The van der Waals surface area contributed by atoms with Crippen molar-refractivity contribution in [3.8, 4) is 22.3 Å². The highest BCUT2D eigenvalue weighted by atomic mass is 15.2. The van der Waals surface area contributed by atoms with Crippen LogP contribution in [0.25, 0.3) is 22.3 Å². The van der Waals surface area contributed by atoms with E-state index in [-0.39, 0.29) is 45.9 Å². The third-order valence-electron chi connectivity index (χ3n) is 22.9. The van der Waals surface area contributed by atoms with Crippen LogP contribution < -0.4 is 52.4 Å². The van der Waals surface area contributed by atoms with Gasteiger partial charge in [-0.2, -0.15) is 0 Å². The zero-order valence-corrected chi connectivity index (χ0v) is 65.4. The zero-order chi connectivity index (χ0) is 72.7. The van der Waals surface area contributed by atoms with Crippen LogP contribution in [0.5, 0.6) is 0 Å². The van der Waals surface area contributed by atoms with E-state index in [4.69, 9.17) is 0 Å². The van der Waals surface area contributed by atoms with Crippen molar-refractivity contribution in [3.63, 3.8) is 0 Å². The maximum absolute atomic E-state index is 2.74. The smallest absolute Gasteiger partial charge is 0.252 e. The van der Waals surface area contributed by atoms with Gasteiger partial charge in [0, 0.05) is 68.2 Å². The van der Waals surface area contributed by atoms with Gasteiger partial charge in [-0.15, -0.1) is 0 Å². The normalized spacial score (nSPS) is 14.2. The molecule has 0 aromatic heterocycles. The predicted octanol–water partition coefficient (Wildman–Crippen LogP) is 22.8. The van der Waals surface area contributed by atoms with E-state index >= 15 is 0 Å². The van der Waals surface area contributed by atoms with Crippen molar-refractivity contribution in [3.05, 3.63) is 261 Å². The lowest BCUT2D eigenvalue weighted by Gasteiger charge is -2.48. The van der Waals surface area contributed by atoms with Crippen LogP contribution in [-0.2, 0) is 32.5 Å². The summed E-state index contributed by atoms with van der Waals surface area (Å²) in [7, 11) is 0. The molecule has 0 aliphatic carbocycles. The van der Waals surface area contributed by atoms with Crippen molar-refractivity contribution in [1.82, 2.24) is 0 Å². The summed E-state index contributed by atoms with van der Waals surface area (Å²) < 4.78 is 0. The average Bonchev–Trinajstić information content (AvgIpc) is 0.683. The minimum atomic E-state index is -0.172. The van der Waals surface area contributed by atoms with Crippen LogP contribution in [0.1, 0.15) is 191 Å². The Morgan fingerprint density at radius 1 is 0.216 bits per heavy atom.